The number of nitrogens with one attached hydrogen (secondary N) is 1. The number of amides is 2. The molecule has 1 aromatic heterocycles. The van der Waals surface area contributed by atoms with E-state index in [1.54, 1.807) is 6.07 Å². The van der Waals surface area contributed by atoms with Crippen LogP contribution in [0.5, 0.6) is 0 Å². The predicted octanol–water partition coefficient (Wildman–Crippen LogP) is 1.77. The summed E-state index contributed by atoms with van der Waals surface area (Å²) in [5.41, 5.74) is 0. The van der Waals surface area contributed by atoms with Gasteiger partial charge in [-0.3, -0.25) is 9.59 Å². The van der Waals surface area contributed by atoms with Gasteiger partial charge in [-0.15, -0.1) is 11.3 Å². The van der Waals surface area contributed by atoms with Gasteiger partial charge in [0.25, 0.3) is 0 Å². The number of carbonyl (C=O) groups excluding carboxylic acids is 2. The predicted molar refractivity (Wildman–Crippen MR) is 85.1 cm³/mol. The van der Waals surface area contributed by atoms with Crippen molar-refractivity contribution in [3.05, 3.63) is 21.3 Å². The molecule has 1 atom stereocenters. The van der Waals surface area contributed by atoms with E-state index in [1.807, 2.05) is 6.07 Å². The zero-order valence-corrected chi connectivity index (χ0v) is 14.0. The fourth-order valence-corrected chi connectivity index (χ4v) is 2.97. The van der Waals surface area contributed by atoms with Gasteiger partial charge in [0.15, 0.2) is 0 Å². The van der Waals surface area contributed by atoms with Gasteiger partial charge in [0.1, 0.15) is 6.04 Å². The minimum atomic E-state index is -1.07. The molecule has 0 aliphatic rings. The fourth-order valence-electron chi connectivity index (χ4n) is 1.88. The molecule has 0 fully saturated rings. The molecule has 0 radical (unpaired) electrons. The summed E-state index contributed by atoms with van der Waals surface area (Å²) >= 11 is 7.23. The highest BCUT2D eigenvalue weighted by atomic mass is 35.5. The van der Waals surface area contributed by atoms with Crippen molar-refractivity contribution in [2.24, 2.45) is 0 Å². The van der Waals surface area contributed by atoms with Crippen LogP contribution in [-0.4, -0.2) is 46.9 Å². The van der Waals surface area contributed by atoms with Gasteiger partial charge in [-0.1, -0.05) is 11.6 Å². The number of aryl methyl sites for hydroxylation is 1. The Balaban J connectivity index is 2.61. The maximum Gasteiger partial charge on any atom is 0.326 e. The number of carbonyl (C=O) groups is 3. The third-order valence-corrected chi connectivity index (χ3v) is 4.38. The van der Waals surface area contributed by atoms with Crippen molar-refractivity contribution in [1.29, 1.82) is 0 Å². The molecular weight excluding hydrogens is 328 g/mol. The van der Waals surface area contributed by atoms with Crippen LogP contribution in [0.15, 0.2) is 12.1 Å². The molecule has 1 rings (SSSR count). The number of hydrogen-bond donors (Lipinski definition) is 2. The zero-order valence-electron chi connectivity index (χ0n) is 12.5. The van der Waals surface area contributed by atoms with Gasteiger partial charge in [-0.25, -0.2) is 4.79 Å². The minimum Gasteiger partial charge on any atom is -0.480 e. The first-order valence-electron chi connectivity index (χ1n) is 6.82. The number of thiophene rings is 1. The van der Waals surface area contributed by atoms with E-state index in [-0.39, 0.29) is 31.3 Å². The van der Waals surface area contributed by atoms with Crippen LogP contribution in [0.1, 0.15) is 25.1 Å². The Hall–Kier alpha value is -1.60. The Morgan fingerprint density at radius 2 is 2.09 bits per heavy atom. The number of nitrogens with zero attached hydrogens (tertiary/aromatic N) is 1. The molecule has 8 heteroatoms. The Morgan fingerprint density at radius 3 is 2.59 bits per heavy atom. The molecule has 6 nitrogen and oxygen atoms in total. The first-order valence-corrected chi connectivity index (χ1v) is 8.01. The molecule has 122 valence electrons. The van der Waals surface area contributed by atoms with E-state index >= 15 is 0 Å². The van der Waals surface area contributed by atoms with Crippen LogP contribution >= 0.6 is 22.9 Å². The minimum absolute atomic E-state index is 0.164. The summed E-state index contributed by atoms with van der Waals surface area (Å²) in [6, 6.07) is 2.68. The van der Waals surface area contributed by atoms with Crippen LogP contribution in [0.3, 0.4) is 0 Å². The molecule has 1 unspecified atom stereocenters. The van der Waals surface area contributed by atoms with E-state index in [4.69, 9.17) is 16.7 Å². The third kappa shape index (κ3) is 6.03. The average molecular weight is 347 g/mol. The quantitative estimate of drug-likeness (QED) is 0.751. The molecule has 2 amide bonds. The van der Waals surface area contributed by atoms with E-state index in [9.17, 15) is 14.4 Å². The Labute approximate surface area is 138 Å². The lowest BCUT2D eigenvalue weighted by atomic mass is 10.2. The van der Waals surface area contributed by atoms with E-state index in [0.717, 1.165) is 4.88 Å². The summed E-state index contributed by atoms with van der Waals surface area (Å²) in [4.78, 5) is 36.5. The average Bonchev–Trinajstić information content (AvgIpc) is 2.85. The second-order valence-electron chi connectivity index (χ2n) is 4.79. The van der Waals surface area contributed by atoms with Crippen LogP contribution in [0.25, 0.3) is 0 Å². The molecule has 0 aliphatic carbocycles. The second kappa shape index (κ2) is 8.75. The molecule has 0 aliphatic heterocycles. The summed E-state index contributed by atoms with van der Waals surface area (Å²) in [5.74, 6) is -1.55. The van der Waals surface area contributed by atoms with Crippen LogP contribution in [0.4, 0.5) is 0 Å². The maximum absolute atomic E-state index is 12.3. The lowest BCUT2D eigenvalue weighted by molar-refractivity contribution is -0.149. The Bertz CT molecular complexity index is 547. The number of halogens is 1. The van der Waals surface area contributed by atoms with Crippen molar-refractivity contribution in [1.82, 2.24) is 10.2 Å². The van der Waals surface area contributed by atoms with Gasteiger partial charge >= 0.3 is 5.97 Å². The highest BCUT2D eigenvalue weighted by Gasteiger charge is 2.25. The summed E-state index contributed by atoms with van der Waals surface area (Å²) in [6.45, 7) is 3.21. The topological polar surface area (TPSA) is 86.7 Å². The molecule has 0 aromatic carbocycles. The number of hydrogen-bond acceptors (Lipinski definition) is 4. The smallest absolute Gasteiger partial charge is 0.326 e. The maximum atomic E-state index is 12.3. The standard InChI is InChI=1S/C14H19ClN2O4S/c1-9(14(20)21)17(8-7-16-10(2)18)13(19)6-4-11-3-5-12(15)22-11/h3,5,9H,4,6-8H2,1-2H3,(H,16,18)(H,20,21). The highest BCUT2D eigenvalue weighted by Crippen LogP contribution is 2.22. The van der Waals surface area contributed by atoms with E-state index in [0.29, 0.717) is 10.8 Å². The largest absolute Gasteiger partial charge is 0.480 e. The summed E-state index contributed by atoms with van der Waals surface area (Å²) in [7, 11) is 0. The lowest BCUT2D eigenvalue weighted by Crippen LogP contribution is -2.46. The van der Waals surface area contributed by atoms with Crippen LogP contribution in [-0.2, 0) is 20.8 Å². The summed E-state index contributed by atoms with van der Waals surface area (Å²) in [6.07, 6.45) is 0.716. The van der Waals surface area contributed by atoms with E-state index in [1.165, 1.54) is 30.1 Å². The number of carboxylic acids is 1. The SMILES string of the molecule is CC(=O)NCCN(C(=O)CCc1ccc(Cl)s1)C(C)C(=O)O. The third-order valence-electron chi connectivity index (χ3n) is 3.09. The van der Waals surface area contributed by atoms with Crippen molar-refractivity contribution in [3.63, 3.8) is 0 Å². The van der Waals surface area contributed by atoms with Crippen molar-refractivity contribution < 1.29 is 19.5 Å². The monoisotopic (exact) mass is 346 g/mol. The highest BCUT2D eigenvalue weighted by molar-refractivity contribution is 7.16. The van der Waals surface area contributed by atoms with Crippen molar-refractivity contribution in [2.45, 2.75) is 32.7 Å². The Morgan fingerprint density at radius 1 is 1.41 bits per heavy atom. The van der Waals surface area contributed by atoms with Gasteiger partial charge in [0.2, 0.25) is 11.8 Å². The van der Waals surface area contributed by atoms with Gasteiger partial charge in [0, 0.05) is 31.3 Å². The van der Waals surface area contributed by atoms with Crippen molar-refractivity contribution >= 4 is 40.7 Å². The van der Waals surface area contributed by atoms with Crippen LogP contribution < -0.4 is 5.32 Å². The molecule has 1 aromatic rings. The fraction of sp³-hybridized carbons (Fsp3) is 0.500. The number of carboxylic acid groups (broad SMARTS) is 1. The molecule has 22 heavy (non-hydrogen) atoms. The molecule has 2 N–H and O–H groups in total. The molecule has 0 spiro atoms. The lowest BCUT2D eigenvalue weighted by Gasteiger charge is -2.26. The molecule has 0 saturated heterocycles. The van der Waals surface area contributed by atoms with Gasteiger partial charge < -0.3 is 15.3 Å². The van der Waals surface area contributed by atoms with E-state index < -0.39 is 12.0 Å². The molecular formula is C14H19ClN2O4S. The first-order chi connectivity index (χ1) is 10.3. The normalized spacial score (nSPS) is 11.8. The van der Waals surface area contributed by atoms with Gasteiger partial charge in [0.05, 0.1) is 4.34 Å². The van der Waals surface area contributed by atoms with Gasteiger partial charge in [-0.2, -0.15) is 0 Å². The first kappa shape index (κ1) is 18.4. The Kier molecular flexibility index (Phi) is 7.34. The van der Waals surface area contributed by atoms with Crippen LogP contribution in [0, 0.1) is 0 Å². The molecule has 0 bridgehead atoms. The van der Waals surface area contributed by atoms with E-state index in [2.05, 4.69) is 5.32 Å². The van der Waals surface area contributed by atoms with Crippen molar-refractivity contribution in [3.8, 4) is 0 Å². The molecule has 1 heterocycles. The molecule has 0 saturated carbocycles. The number of rotatable bonds is 8. The number of aliphatic carboxylic acids is 1. The summed E-state index contributed by atoms with van der Waals surface area (Å²) < 4.78 is 0.656. The van der Waals surface area contributed by atoms with Crippen molar-refractivity contribution in [2.75, 3.05) is 13.1 Å². The van der Waals surface area contributed by atoms with Crippen LogP contribution in [0.2, 0.25) is 4.34 Å². The summed E-state index contributed by atoms with van der Waals surface area (Å²) in [5, 5.41) is 11.7. The second-order valence-corrected chi connectivity index (χ2v) is 6.59. The van der Waals surface area contributed by atoms with Gasteiger partial charge in [-0.05, 0) is 25.5 Å². The zero-order chi connectivity index (χ0) is 16.7.